The van der Waals surface area contributed by atoms with Gasteiger partial charge in [-0.1, -0.05) is 12.8 Å². The number of hydrogen-bond acceptors (Lipinski definition) is 3. The van der Waals surface area contributed by atoms with Crippen LogP contribution < -0.4 is 5.73 Å². The van der Waals surface area contributed by atoms with E-state index < -0.39 is 5.54 Å². The molecular weight excluding hydrogens is 204 g/mol. The van der Waals surface area contributed by atoms with Crippen LogP contribution in [0.1, 0.15) is 44.9 Å². The lowest BCUT2D eigenvalue weighted by Gasteiger charge is -2.42. The van der Waals surface area contributed by atoms with Gasteiger partial charge in [-0.3, -0.25) is 4.79 Å². The SMILES string of the molecule is NC1(C(=O)N(CCO)C2CCCC2)CCC1. The highest BCUT2D eigenvalue weighted by molar-refractivity contribution is 5.87. The fraction of sp³-hybridized carbons (Fsp3) is 0.917. The first-order valence-corrected chi connectivity index (χ1v) is 6.38. The van der Waals surface area contributed by atoms with E-state index in [0.29, 0.717) is 12.6 Å². The van der Waals surface area contributed by atoms with E-state index in [0.717, 1.165) is 32.1 Å². The van der Waals surface area contributed by atoms with Gasteiger partial charge in [0.05, 0.1) is 12.1 Å². The molecule has 2 aliphatic rings. The number of rotatable bonds is 4. The quantitative estimate of drug-likeness (QED) is 0.739. The maximum Gasteiger partial charge on any atom is 0.242 e. The van der Waals surface area contributed by atoms with Gasteiger partial charge in [-0.2, -0.15) is 0 Å². The molecule has 0 unspecified atom stereocenters. The summed E-state index contributed by atoms with van der Waals surface area (Å²) in [5.74, 6) is 0.0692. The summed E-state index contributed by atoms with van der Waals surface area (Å²) in [6.07, 6.45) is 7.19. The Labute approximate surface area is 96.8 Å². The molecule has 3 N–H and O–H groups in total. The molecule has 0 heterocycles. The average molecular weight is 226 g/mol. The standard InChI is InChI=1S/C12H22N2O2/c13-12(6-3-7-12)11(16)14(8-9-15)10-4-1-2-5-10/h10,15H,1-9,13H2. The molecule has 0 bridgehead atoms. The molecule has 0 radical (unpaired) electrons. The second-order valence-corrected chi connectivity index (χ2v) is 5.17. The first-order chi connectivity index (χ1) is 7.67. The van der Waals surface area contributed by atoms with Gasteiger partial charge in [0.1, 0.15) is 0 Å². The van der Waals surface area contributed by atoms with E-state index in [1.807, 2.05) is 4.90 Å². The number of aliphatic hydroxyl groups excluding tert-OH is 1. The molecule has 1 amide bonds. The van der Waals surface area contributed by atoms with Crippen LogP contribution in [0.2, 0.25) is 0 Å². The molecule has 2 aliphatic carbocycles. The molecule has 0 spiro atoms. The van der Waals surface area contributed by atoms with Gasteiger partial charge in [0.2, 0.25) is 5.91 Å². The first kappa shape index (κ1) is 11.9. The Kier molecular flexibility index (Phi) is 3.50. The number of nitrogens with two attached hydrogens (primary N) is 1. The summed E-state index contributed by atoms with van der Waals surface area (Å²) in [7, 11) is 0. The molecule has 2 rings (SSSR count). The molecule has 0 atom stereocenters. The van der Waals surface area contributed by atoms with Gasteiger partial charge in [0.25, 0.3) is 0 Å². The van der Waals surface area contributed by atoms with E-state index in [-0.39, 0.29) is 12.5 Å². The van der Waals surface area contributed by atoms with Crippen molar-refractivity contribution in [2.45, 2.75) is 56.5 Å². The van der Waals surface area contributed by atoms with Crippen LogP contribution in [0, 0.1) is 0 Å². The van der Waals surface area contributed by atoms with E-state index in [9.17, 15) is 4.79 Å². The molecule has 4 heteroatoms. The molecule has 0 aromatic rings. The number of nitrogens with zero attached hydrogens (tertiary/aromatic N) is 1. The summed E-state index contributed by atoms with van der Waals surface area (Å²) in [4.78, 5) is 14.2. The minimum absolute atomic E-state index is 0.0400. The zero-order valence-corrected chi connectivity index (χ0v) is 9.82. The molecule has 2 fully saturated rings. The smallest absolute Gasteiger partial charge is 0.242 e. The van der Waals surface area contributed by atoms with Gasteiger partial charge < -0.3 is 15.7 Å². The van der Waals surface area contributed by atoms with Crippen molar-refractivity contribution in [3.63, 3.8) is 0 Å². The van der Waals surface area contributed by atoms with Crippen molar-refractivity contribution in [2.24, 2.45) is 5.73 Å². The molecule has 0 aromatic carbocycles. The number of aliphatic hydroxyl groups is 1. The molecule has 2 saturated carbocycles. The Balaban J connectivity index is 2.02. The van der Waals surface area contributed by atoms with Crippen molar-refractivity contribution in [1.82, 2.24) is 4.90 Å². The summed E-state index contributed by atoms with van der Waals surface area (Å²) in [6, 6.07) is 0.320. The highest BCUT2D eigenvalue weighted by Gasteiger charge is 2.44. The van der Waals surface area contributed by atoms with E-state index in [4.69, 9.17) is 10.8 Å². The molecule has 16 heavy (non-hydrogen) atoms. The predicted octanol–water partition coefficient (Wildman–Crippen LogP) is 0.631. The predicted molar refractivity (Wildman–Crippen MR) is 61.8 cm³/mol. The lowest BCUT2D eigenvalue weighted by molar-refractivity contribution is -0.143. The van der Waals surface area contributed by atoms with Crippen LogP contribution >= 0.6 is 0 Å². The lowest BCUT2D eigenvalue weighted by Crippen LogP contribution is -2.61. The van der Waals surface area contributed by atoms with Gasteiger partial charge >= 0.3 is 0 Å². The van der Waals surface area contributed by atoms with E-state index in [2.05, 4.69) is 0 Å². The lowest BCUT2D eigenvalue weighted by atomic mass is 9.76. The Morgan fingerprint density at radius 3 is 2.38 bits per heavy atom. The Hall–Kier alpha value is -0.610. The first-order valence-electron chi connectivity index (χ1n) is 6.38. The van der Waals surface area contributed by atoms with Crippen LogP contribution in [-0.4, -0.2) is 40.6 Å². The number of carbonyl (C=O) groups is 1. The molecule has 92 valence electrons. The summed E-state index contributed by atoms with van der Waals surface area (Å²) in [5.41, 5.74) is 5.46. The van der Waals surface area contributed by atoms with Gasteiger partial charge in [-0.15, -0.1) is 0 Å². The zero-order valence-electron chi connectivity index (χ0n) is 9.82. The van der Waals surface area contributed by atoms with Crippen LogP contribution in [0.5, 0.6) is 0 Å². The number of carbonyl (C=O) groups excluding carboxylic acids is 1. The summed E-state index contributed by atoms with van der Waals surface area (Å²) in [6.45, 7) is 0.487. The van der Waals surface area contributed by atoms with E-state index in [1.54, 1.807) is 0 Å². The van der Waals surface area contributed by atoms with Crippen LogP contribution in [0.25, 0.3) is 0 Å². The van der Waals surface area contributed by atoms with Crippen LogP contribution in [0.3, 0.4) is 0 Å². The third-order valence-corrected chi connectivity index (χ3v) is 4.04. The Morgan fingerprint density at radius 2 is 1.94 bits per heavy atom. The third-order valence-electron chi connectivity index (χ3n) is 4.04. The van der Waals surface area contributed by atoms with Gasteiger partial charge in [-0.05, 0) is 32.1 Å². The van der Waals surface area contributed by atoms with Crippen molar-refractivity contribution in [2.75, 3.05) is 13.2 Å². The number of hydrogen-bond donors (Lipinski definition) is 2. The zero-order chi connectivity index (χ0) is 11.6. The van der Waals surface area contributed by atoms with Crippen molar-refractivity contribution in [3.05, 3.63) is 0 Å². The second-order valence-electron chi connectivity index (χ2n) is 5.17. The van der Waals surface area contributed by atoms with Crippen LogP contribution in [0.4, 0.5) is 0 Å². The number of amides is 1. The van der Waals surface area contributed by atoms with Gasteiger partial charge in [0, 0.05) is 12.6 Å². The summed E-state index contributed by atoms with van der Waals surface area (Å²) < 4.78 is 0. The fourth-order valence-corrected chi connectivity index (χ4v) is 2.83. The van der Waals surface area contributed by atoms with Crippen molar-refractivity contribution in [1.29, 1.82) is 0 Å². The third kappa shape index (κ3) is 2.09. The topological polar surface area (TPSA) is 66.6 Å². The minimum Gasteiger partial charge on any atom is -0.395 e. The Morgan fingerprint density at radius 1 is 1.31 bits per heavy atom. The maximum absolute atomic E-state index is 12.3. The largest absolute Gasteiger partial charge is 0.395 e. The fourth-order valence-electron chi connectivity index (χ4n) is 2.83. The summed E-state index contributed by atoms with van der Waals surface area (Å²) in [5, 5.41) is 9.07. The van der Waals surface area contributed by atoms with E-state index >= 15 is 0 Å². The van der Waals surface area contributed by atoms with Crippen LogP contribution in [-0.2, 0) is 4.79 Å². The maximum atomic E-state index is 12.3. The molecule has 0 aliphatic heterocycles. The molecule has 4 nitrogen and oxygen atoms in total. The normalized spacial score (nSPS) is 24.1. The second kappa shape index (κ2) is 4.72. The monoisotopic (exact) mass is 226 g/mol. The Bertz CT molecular complexity index is 258. The van der Waals surface area contributed by atoms with E-state index in [1.165, 1.54) is 12.8 Å². The highest BCUT2D eigenvalue weighted by atomic mass is 16.3. The molecular formula is C12H22N2O2. The minimum atomic E-state index is -0.613. The van der Waals surface area contributed by atoms with Crippen molar-refractivity contribution < 1.29 is 9.90 Å². The van der Waals surface area contributed by atoms with Gasteiger partial charge in [0.15, 0.2) is 0 Å². The van der Waals surface area contributed by atoms with Crippen molar-refractivity contribution >= 4 is 5.91 Å². The highest BCUT2D eigenvalue weighted by Crippen LogP contribution is 2.33. The van der Waals surface area contributed by atoms with Crippen molar-refractivity contribution in [3.8, 4) is 0 Å². The summed E-state index contributed by atoms with van der Waals surface area (Å²) >= 11 is 0. The molecule has 0 saturated heterocycles. The van der Waals surface area contributed by atoms with Crippen LogP contribution in [0.15, 0.2) is 0 Å². The van der Waals surface area contributed by atoms with Gasteiger partial charge in [-0.25, -0.2) is 0 Å². The average Bonchev–Trinajstić information content (AvgIpc) is 2.74. The molecule has 0 aromatic heterocycles.